The highest BCUT2D eigenvalue weighted by molar-refractivity contribution is 5.83. The van der Waals surface area contributed by atoms with Gasteiger partial charge in [-0.05, 0) is 24.2 Å². The van der Waals surface area contributed by atoms with E-state index >= 15 is 0 Å². The zero-order chi connectivity index (χ0) is 17.0. The van der Waals surface area contributed by atoms with Gasteiger partial charge in [-0.1, -0.05) is 13.0 Å². The molecule has 0 spiro atoms. The maximum absolute atomic E-state index is 13.2. The Labute approximate surface area is 132 Å². The van der Waals surface area contributed by atoms with E-state index in [0.717, 1.165) is 38.8 Å². The summed E-state index contributed by atoms with van der Waals surface area (Å²) in [4.78, 5) is 14.8. The van der Waals surface area contributed by atoms with Gasteiger partial charge in [-0.15, -0.1) is 0 Å². The number of carboxylic acid groups (broad SMARTS) is 1. The first-order valence-electron chi connectivity index (χ1n) is 7.44. The largest absolute Gasteiger partial charge is 0.465 e. The van der Waals surface area contributed by atoms with Crippen molar-refractivity contribution in [2.75, 3.05) is 38.0 Å². The molecule has 1 heterocycles. The molecule has 23 heavy (non-hydrogen) atoms. The van der Waals surface area contributed by atoms with Gasteiger partial charge in [-0.25, -0.2) is 4.79 Å². The van der Waals surface area contributed by atoms with Gasteiger partial charge in [0, 0.05) is 38.4 Å². The summed E-state index contributed by atoms with van der Waals surface area (Å²) >= 11 is 0. The topological polar surface area (TPSA) is 55.8 Å². The summed E-state index contributed by atoms with van der Waals surface area (Å²) in [7, 11) is 0. The Balaban J connectivity index is 2.16. The summed E-state index contributed by atoms with van der Waals surface area (Å²) in [6.45, 7) is 6.34. The first kappa shape index (κ1) is 17.6. The number of rotatable bonds is 4. The lowest BCUT2D eigenvalue weighted by Gasteiger charge is -2.34. The van der Waals surface area contributed by atoms with Gasteiger partial charge in [0.25, 0.3) is 0 Å². The molecule has 8 heteroatoms. The maximum Gasteiger partial charge on any atom is 0.416 e. The molecule has 0 aromatic heterocycles. The number of piperazine rings is 1. The minimum absolute atomic E-state index is 0.0793. The number of likely N-dealkylation sites (N-methyl/N-ethyl adjacent to an activating group) is 1. The molecule has 1 saturated heterocycles. The molecule has 0 unspecified atom stereocenters. The molecular formula is C15H20F3N3O2. The number of anilines is 1. The van der Waals surface area contributed by atoms with Gasteiger partial charge in [-0.2, -0.15) is 13.2 Å². The molecule has 1 aliphatic rings. The second-order valence-corrected chi connectivity index (χ2v) is 5.51. The molecule has 0 radical (unpaired) electrons. The molecule has 1 amide bonds. The first-order chi connectivity index (χ1) is 10.8. The number of halogens is 3. The van der Waals surface area contributed by atoms with Crippen molar-refractivity contribution in [2.24, 2.45) is 0 Å². The van der Waals surface area contributed by atoms with Crippen molar-refractivity contribution in [1.29, 1.82) is 0 Å². The molecule has 1 aromatic rings. The fourth-order valence-electron chi connectivity index (χ4n) is 2.68. The highest BCUT2D eigenvalue weighted by Gasteiger charge is 2.34. The summed E-state index contributed by atoms with van der Waals surface area (Å²) in [5, 5.41) is 10.6. The zero-order valence-corrected chi connectivity index (χ0v) is 12.9. The summed E-state index contributed by atoms with van der Waals surface area (Å²) in [6.07, 6.45) is -5.90. The van der Waals surface area contributed by atoms with Crippen LogP contribution in [0.15, 0.2) is 18.2 Å². The molecule has 2 rings (SSSR count). The van der Waals surface area contributed by atoms with E-state index in [1.54, 1.807) is 0 Å². The highest BCUT2D eigenvalue weighted by atomic mass is 19.4. The molecule has 0 atom stereocenters. The van der Waals surface area contributed by atoms with Crippen LogP contribution in [0, 0.1) is 0 Å². The van der Waals surface area contributed by atoms with E-state index in [1.807, 2.05) is 10.2 Å². The third-order valence-electron chi connectivity index (χ3n) is 3.97. The molecule has 2 N–H and O–H groups in total. The third-order valence-corrected chi connectivity index (χ3v) is 3.97. The van der Waals surface area contributed by atoms with E-state index in [2.05, 4.69) is 11.8 Å². The third kappa shape index (κ3) is 4.84. The van der Waals surface area contributed by atoms with Crippen LogP contribution in [-0.4, -0.2) is 53.7 Å². The fourth-order valence-corrected chi connectivity index (χ4v) is 2.68. The molecular weight excluding hydrogens is 311 g/mol. The summed E-state index contributed by atoms with van der Waals surface area (Å²) in [5.74, 6) is 0. The lowest BCUT2D eigenvalue weighted by atomic mass is 10.0. The fraction of sp³-hybridized carbons (Fsp3) is 0.533. The Bertz CT molecular complexity index is 555. The van der Waals surface area contributed by atoms with Crippen molar-refractivity contribution in [3.05, 3.63) is 29.3 Å². The van der Waals surface area contributed by atoms with Crippen LogP contribution in [0.2, 0.25) is 0 Å². The van der Waals surface area contributed by atoms with Crippen LogP contribution in [0.5, 0.6) is 0 Å². The molecule has 1 aromatic carbocycles. The first-order valence-corrected chi connectivity index (χ1v) is 7.44. The Morgan fingerprint density at radius 3 is 2.35 bits per heavy atom. The molecule has 0 aliphatic carbocycles. The second kappa shape index (κ2) is 7.18. The molecule has 0 saturated carbocycles. The molecule has 0 bridgehead atoms. The predicted molar refractivity (Wildman–Crippen MR) is 80.5 cm³/mol. The number of alkyl halides is 3. The number of carbonyl (C=O) groups is 1. The number of amides is 1. The second-order valence-electron chi connectivity index (χ2n) is 5.51. The molecule has 1 aliphatic heterocycles. The van der Waals surface area contributed by atoms with Crippen LogP contribution in [-0.2, 0) is 12.7 Å². The van der Waals surface area contributed by atoms with Crippen molar-refractivity contribution >= 4 is 11.8 Å². The Morgan fingerprint density at radius 1 is 1.22 bits per heavy atom. The van der Waals surface area contributed by atoms with Gasteiger partial charge in [0.2, 0.25) is 0 Å². The number of nitrogens with one attached hydrogen (secondary N) is 1. The lowest BCUT2D eigenvalue weighted by molar-refractivity contribution is -0.138. The number of benzene rings is 1. The van der Waals surface area contributed by atoms with Crippen LogP contribution in [0.25, 0.3) is 0 Å². The number of hydrogen-bond donors (Lipinski definition) is 2. The van der Waals surface area contributed by atoms with Crippen molar-refractivity contribution in [3.8, 4) is 0 Å². The average Bonchev–Trinajstić information content (AvgIpc) is 2.48. The van der Waals surface area contributed by atoms with Crippen LogP contribution >= 0.6 is 0 Å². The Kier molecular flexibility index (Phi) is 5.48. The van der Waals surface area contributed by atoms with E-state index in [-0.39, 0.29) is 17.8 Å². The number of nitrogens with zero attached hydrogens (tertiary/aromatic N) is 2. The van der Waals surface area contributed by atoms with E-state index in [0.29, 0.717) is 0 Å². The van der Waals surface area contributed by atoms with Gasteiger partial charge >= 0.3 is 12.3 Å². The smallest absolute Gasteiger partial charge is 0.416 e. The standard InChI is InChI=1S/C15H20F3N3O2/c1-2-20-5-7-21(8-6-20)10-11-3-4-12(19-14(22)23)9-13(11)15(16,17)18/h3-4,9,19H,2,5-8,10H2,1H3,(H,22,23). The van der Waals surface area contributed by atoms with Crippen molar-refractivity contribution in [1.82, 2.24) is 9.80 Å². The summed E-state index contributed by atoms with van der Waals surface area (Å²) in [6, 6.07) is 3.56. The minimum atomic E-state index is -4.52. The predicted octanol–water partition coefficient (Wildman–Crippen LogP) is 2.93. The zero-order valence-electron chi connectivity index (χ0n) is 12.9. The van der Waals surface area contributed by atoms with E-state index in [9.17, 15) is 18.0 Å². The van der Waals surface area contributed by atoms with Crippen LogP contribution < -0.4 is 5.32 Å². The van der Waals surface area contributed by atoms with Crippen LogP contribution in [0.3, 0.4) is 0 Å². The van der Waals surface area contributed by atoms with Gasteiger partial charge in [-0.3, -0.25) is 10.2 Å². The van der Waals surface area contributed by atoms with E-state index in [1.165, 1.54) is 12.1 Å². The quantitative estimate of drug-likeness (QED) is 0.891. The SMILES string of the molecule is CCN1CCN(Cc2ccc(NC(=O)O)cc2C(F)(F)F)CC1. The Morgan fingerprint density at radius 2 is 1.83 bits per heavy atom. The molecule has 5 nitrogen and oxygen atoms in total. The van der Waals surface area contributed by atoms with Gasteiger partial charge in [0.1, 0.15) is 0 Å². The van der Waals surface area contributed by atoms with Crippen molar-refractivity contribution < 1.29 is 23.1 Å². The highest BCUT2D eigenvalue weighted by Crippen LogP contribution is 2.34. The van der Waals surface area contributed by atoms with Gasteiger partial charge in [0.05, 0.1) is 5.56 Å². The minimum Gasteiger partial charge on any atom is -0.465 e. The summed E-state index contributed by atoms with van der Waals surface area (Å²) in [5.41, 5.74) is -0.704. The van der Waals surface area contributed by atoms with E-state index in [4.69, 9.17) is 5.11 Å². The molecule has 1 fully saturated rings. The van der Waals surface area contributed by atoms with Gasteiger partial charge in [0.15, 0.2) is 0 Å². The van der Waals surface area contributed by atoms with Gasteiger partial charge < -0.3 is 10.0 Å². The van der Waals surface area contributed by atoms with Crippen molar-refractivity contribution in [3.63, 3.8) is 0 Å². The average molecular weight is 331 g/mol. The monoisotopic (exact) mass is 331 g/mol. The molecule has 128 valence electrons. The number of hydrogen-bond acceptors (Lipinski definition) is 3. The van der Waals surface area contributed by atoms with Crippen LogP contribution in [0.1, 0.15) is 18.1 Å². The lowest BCUT2D eigenvalue weighted by Crippen LogP contribution is -2.45. The normalized spacial score (nSPS) is 17.2. The van der Waals surface area contributed by atoms with Crippen molar-refractivity contribution in [2.45, 2.75) is 19.6 Å². The van der Waals surface area contributed by atoms with E-state index < -0.39 is 17.8 Å². The Hall–Kier alpha value is -1.80. The summed E-state index contributed by atoms with van der Waals surface area (Å²) < 4.78 is 39.7. The maximum atomic E-state index is 13.2. The van der Waals surface area contributed by atoms with Crippen LogP contribution in [0.4, 0.5) is 23.7 Å².